The molecule has 1 aromatic carbocycles. The largest absolute Gasteiger partial charge is 0.493 e. The number of fused-ring (bicyclic) bond motifs is 1. The van der Waals surface area contributed by atoms with E-state index < -0.39 is 0 Å². The summed E-state index contributed by atoms with van der Waals surface area (Å²) < 4.78 is 5.69. The lowest BCUT2D eigenvalue weighted by atomic mass is 9.81. The predicted molar refractivity (Wildman–Crippen MR) is 74.3 cm³/mol. The number of hydrogen-bond donors (Lipinski definition) is 1. The van der Waals surface area contributed by atoms with Crippen LogP contribution in [0.4, 0.5) is 0 Å². The Morgan fingerprint density at radius 2 is 2.00 bits per heavy atom. The third kappa shape index (κ3) is 2.39. The summed E-state index contributed by atoms with van der Waals surface area (Å²) in [5.74, 6) is 1.88. The first kappa shape index (κ1) is 12.0. The summed E-state index contributed by atoms with van der Waals surface area (Å²) in [5.41, 5.74) is 2.96. The van der Waals surface area contributed by atoms with Crippen LogP contribution in [0.5, 0.6) is 5.75 Å². The molecule has 1 heterocycles. The molecule has 18 heavy (non-hydrogen) atoms. The van der Waals surface area contributed by atoms with Crippen molar-refractivity contribution in [3.05, 3.63) is 29.3 Å². The van der Waals surface area contributed by atoms with E-state index in [1.165, 1.54) is 49.7 Å². The fraction of sp³-hybridized carbons (Fsp3) is 0.625. The first-order chi connectivity index (χ1) is 8.86. The number of nitrogens with one attached hydrogen (secondary N) is 1. The minimum absolute atomic E-state index is 0.738. The number of hydrogen-bond acceptors (Lipinski definition) is 2. The second kappa shape index (κ2) is 5.31. The van der Waals surface area contributed by atoms with Crippen molar-refractivity contribution in [1.82, 2.24) is 5.32 Å². The molecule has 3 rings (SSSR count). The van der Waals surface area contributed by atoms with Crippen molar-refractivity contribution >= 4 is 0 Å². The lowest BCUT2D eigenvalue weighted by Gasteiger charge is -2.29. The monoisotopic (exact) mass is 245 g/mol. The minimum atomic E-state index is 0.738. The van der Waals surface area contributed by atoms with Gasteiger partial charge in [0, 0.05) is 6.04 Å². The standard InChI is InChI=1S/C16H23NO/c1-17-15-7-4-12(5-8-15)13-6-9-16-14(11-13)3-2-10-18-16/h6,9,11-12,15,17H,2-5,7-8,10H2,1H3. The number of ether oxygens (including phenoxy) is 1. The molecule has 1 aliphatic heterocycles. The van der Waals surface area contributed by atoms with Crippen molar-refractivity contribution in [2.24, 2.45) is 0 Å². The zero-order valence-corrected chi connectivity index (χ0v) is 11.2. The first-order valence-corrected chi connectivity index (χ1v) is 7.29. The fourth-order valence-electron chi connectivity index (χ4n) is 3.35. The molecule has 1 N–H and O–H groups in total. The average Bonchev–Trinajstić information content (AvgIpc) is 2.47. The van der Waals surface area contributed by atoms with Gasteiger partial charge in [-0.2, -0.15) is 0 Å². The molecule has 0 atom stereocenters. The van der Waals surface area contributed by atoms with Crippen LogP contribution in [0.2, 0.25) is 0 Å². The molecule has 2 aliphatic rings. The van der Waals surface area contributed by atoms with E-state index in [9.17, 15) is 0 Å². The van der Waals surface area contributed by atoms with Gasteiger partial charge in [0.05, 0.1) is 6.61 Å². The van der Waals surface area contributed by atoms with Crippen LogP contribution in [0, 0.1) is 0 Å². The van der Waals surface area contributed by atoms with Crippen LogP contribution in [0.15, 0.2) is 18.2 Å². The van der Waals surface area contributed by atoms with Crippen molar-refractivity contribution in [2.45, 2.75) is 50.5 Å². The Labute approximate surface area is 110 Å². The predicted octanol–water partition coefficient (Wildman–Crippen LogP) is 3.26. The van der Waals surface area contributed by atoms with Gasteiger partial charge in [-0.25, -0.2) is 0 Å². The van der Waals surface area contributed by atoms with Gasteiger partial charge in [0.15, 0.2) is 0 Å². The Bertz CT molecular complexity index is 408. The maximum Gasteiger partial charge on any atom is 0.122 e. The van der Waals surface area contributed by atoms with Crippen molar-refractivity contribution in [3.8, 4) is 5.75 Å². The Morgan fingerprint density at radius 1 is 1.17 bits per heavy atom. The molecular weight excluding hydrogens is 222 g/mol. The van der Waals surface area contributed by atoms with E-state index in [1.807, 2.05) is 0 Å². The van der Waals surface area contributed by atoms with Crippen LogP contribution in [0.3, 0.4) is 0 Å². The van der Waals surface area contributed by atoms with Gasteiger partial charge in [-0.3, -0.25) is 0 Å². The molecule has 0 saturated heterocycles. The van der Waals surface area contributed by atoms with Crippen LogP contribution in [-0.4, -0.2) is 19.7 Å². The molecule has 2 heteroatoms. The van der Waals surface area contributed by atoms with Crippen molar-refractivity contribution < 1.29 is 4.74 Å². The maximum absolute atomic E-state index is 5.69. The third-order valence-corrected chi connectivity index (χ3v) is 4.54. The van der Waals surface area contributed by atoms with E-state index >= 15 is 0 Å². The summed E-state index contributed by atoms with van der Waals surface area (Å²) in [5, 5.41) is 3.41. The molecule has 1 aliphatic carbocycles. The molecule has 2 nitrogen and oxygen atoms in total. The molecule has 1 aromatic rings. The van der Waals surface area contributed by atoms with Gasteiger partial charge in [0.2, 0.25) is 0 Å². The maximum atomic E-state index is 5.69. The topological polar surface area (TPSA) is 21.3 Å². The number of benzene rings is 1. The van der Waals surface area contributed by atoms with Gasteiger partial charge in [-0.05, 0) is 68.7 Å². The molecule has 0 unspecified atom stereocenters. The van der Waals surface area contributed by atoms with E-state index in [0.29, 0.717) is 0 Å². The van der Waals surface area contributed by atoms with Crippen LogP contribution >= 0.6 is 0 Å². The summed E-state index contributed by atoms with van der Waals surface area (Å²) >= 11 is 0. The molecule has 98 valence electrons. The molecular formula is C16H23NO. The normalized spacial score (nSPS) is 27.4. The summed E-state index contributed by atoms with van der Waals surface area (Å²) in [6, 6.07) is 7.61. The zero-order chi connectivity index (χ0) is 12.4. The van der Waals surface area contributed by atoms with Gasteiger partial charge in [-0.1, -0.05) is 12.1 Å². The zero-order valence-electron chi connectivity index (χ0n) is 11.2. The van der Waals surface area contributed by atoms with Gasteiger partial charge in [0.1, 0.15) is 5.75 Å². The first-order valence-electron chi connectivity index (χ1n) is 7.29. The SMILES string of the molecule is CNC1CCC(c2ccc3c(c2)CCCO3)CC1. The van der Waals surface area contributed by atoms with Crippen molar-refractivity contribution in [3.63, 3.8) is 0 Å². The van der Waals surface area contributed by atoms with Gasteiger partial charge in [-0.15, -0.1) is 0 Å². The second-order valence-electron chi connectivity index (χ2n) is 5.66. The average molecular weight is 245 g/mol. The lowest BCUT2D eigenvalue weighted by Crippen LogP contribution is -2.29. The molecule has 1 saturated carbocycles. The number of aryl methyl sites for hydroxylation is 1. The van der Waals surface area contributed by atoms with Crippen molar-refractivity contribution in [2.75, 3.05) is 13.7 Å². The van der Waals surface area contributed by atoms with E-state index in [4.69, 9.17) is 4.74 Å². The van der Waals surface area contributed by atoms with Crippen molar-refractivity contribution in [1.29, 1.82) is 0 Å². The molecule has 1 fully saturated rings. The smallest absolute Gasteiger partial charge is 0.122 e. The Balaban J connectivity index is 1.73. The Kier molecular flexibility index (Phi) is 3.55. The fourth-order valence-corrected chi connectivity index (χ4v) is 3.35. The summed E-state index contributed by atoms with van der Waals surface area (Å²) in [6.45, 7) is 0.889. The lowest BCUT2D eigenvalue weighted by molar-refractivity contribution is 0.287. The third-order valence-electron chi connectivity index (χ3n) is 4.54. The summed E-state index contributed by atoms with van der Waals surface area (Å²) in [6.07, 6.45) is 7.64. The molecule has 0 amide bonds. The van der Waals surface area contributed by atoms with Gasteiger partial charge >= 0.3 is 0 Å². The van der Waals surface area contributed by atoms with E-state index in [-0.39, 0.29) is 0 Å². The highest BCUT2D eigenvalue weighted by atomic mass is 16.5. The van der Waals surface area contributed by atoms with E-state index in [2.05, 4.69) is 30.6 Å². The van der Waals surface area contributed by atoms with Crippen LogP contribution in [-0.2, 0) is 6.42 Å². The minimum Gasteiger partial charge on any atom is -0.493 e. The molecule has 0 bridgehead atoms. The quantitative estimate of drug-likeness (QED) is 0.863. The highest BCUT2D eigenvalue weighted by Crippen LogP contribution is 2.35. The number of rotatable bonds is 2. The molecule has 0 aromatic heterocycles. The second-order valence-corrected chi connectivity index (χ2v) is 5.66. The Hall–Kier alpha value is -1.02. The van der Waals surface area contributed by atoms with Crippen LogP contribution in [0.1, 0.15) is 49.1 Å². The van der Waals surface area contributed by atoms with E-state index in [1.54, 1.807) is 0 Å². The highest BCUT2D eigenvalue weighted by molar-refractivity contribution is 5.39. The molecule has 0 spiro atoms. The summed E-state index contributed by atoms with van der Waals surface area (Å²) in [7, 11) is 2.08. The van der Waals surface area contributed by atoms with Gasteiger partial charge in [0.25, 0.3) is 0 Å². The van der Waals surface area contributed by atoms with E-state index in [0.717, 1.165) is 24.3 Å². The Morgan fingerprint density at radius 3 is 2.78 bits per heavy atom. The van der Waals surface area contributed by atoms with Gasteiger partial charge < -0.3 is 10.1 Å². The van der Waals surface area contributed by atoms with Crippen LogP contribution < -0.4 is 10.1 Å². The highest BCUT2D eigenvalue weighted by Gasteiger charge is 2.22. The van der Waals surface area contributed by atoms with Crippen LogP contribution in [0.25, 0.3) is 0 Å². The molecule has 0 radical (unpaired) electrons. The summed E-state index contributed by atoms with van der Waals surface area (Å²) in [4.78, 5) is 0.